The van der Waals surface area contributed by atoms with Crippen LogP contribution in [-0.2, 0) is 6.42 Å². The summed E-state index contributed by atoms with van der Waals surface area (Å²) in [6.07, 6.45) is 2.19. The van der Waals surface area contributed by atoms with Crippen LogP contribution in [-0.4, -0.2) is 43.4 Å². The summed E-state index contributed by atoms with van der Waals surface area (Å²) in [6.45, 7) is 0. The fourth-order valence-electron chi connectivity index (χ4n) is 3.39. The van der Waals surface area contributed by atoms with Gasteiger partial charge in [0.1, 0.15) is 11.6 Å². The van der Waals surface area contributed by atoms with Crippen molar-refractivity contribution < 1.29 is 19.0 Å². The third-order valence-corrected chi connectivity index (χ3v) is 5.11. The quantitative estimate of drug-likeness (QED) is 0.317. The van der Waals surface area contributed by atoms with Crippen LogP contribution < -0.4 is 19.6 Å². The van der Waals surface area contributed by atoms with Gasteiger partial charge in [0, 0.05) is 12.0 Å². The van der Waals surface area contributed by atoms with Crippen LogP contribution in [0, 0.1) is 0 Å². The lowest BCUT2D eigenvalue weighted by atomic mass is 10.1. The fourth-order valence-corrected chi connectivity index (χ4v) is 3.39. The second-order valence-electron chi connectivity index (χ2n) is 7.25. The maximum Gasteiger partial charge on any atom is 0.271 e. The molecule has 0 radical (unpaired) electrons. The van der Waals surface area contributed by atoms with Gasteiger partial charge in [-0.15, -0.1) is 0 Å². The Labute approximate surface area is 191 Å². The van der Waals surface area contributed by atoms with Crippen LogP contribution in [0.5, 0.6) is 17.2 Å². The molecule has 0 bridgehead atoms. The molecule has 0 aliphatic carbocycles. The van der Waals surface area contributed by atoms with E-state index in [1.165, 1.54) is 0 Å². The molecular formula is C25H24N4O4. The molecule has 168 valence electrons. The Balaban J connectivity index is 1.43. The van der Waals surface area contributed by atoms with Crippen molar-refractivity contribution in [3.8, 4) is 17.2 Å². The highest BCUT2D eigenvalue weighted by molar-refractivity contribution is 5.97. The van der Waals surface area contributed by atoms with Gasteiger partial charge in [-0.3, -0.25) is 4.79 Å². The Hall–Kier alpha value is -4.33. The standard InChI is InChI=1S/C25H24N4O4/c1-31-19-8-4-16(5-9-19)13-24-27-20-10-7-18(14-21(20)28-24)25(30)29-26-15-17-6-11-22(32-2)23(12-17)33-3/h4-12,14-15H,13H2,1-3H3,(H,27,28)(H,29,30)/b26-15-. The number of imidazole rings is 1. The molecule has 3 aromatic carbocycles. The summed E-state index contributed by atoms with van der Waals surface area (Å²) < 4.78 is 15.7. The topological polar surface area (TPSA) is 97.8 Å². The van der Waals surface area contributed by atoms with Crippen LogP contribution >= 0.6 is 0 Å². The third kappa shape index (κ3) is 5.12. The van der Waals surface area contributed by atoms with Crippen molar-refractivity contribution in [2.24, 2.45) is 5.10 Å². The van der Waals surface area contributed by atoms with E-state index in [0.717, 1.165) is 33.7 Å². The van der Waals surface area contributed by atoms with Gasteiger partial charge in [-0.2, -0.15) is 5.10 Å². The molecule has 1 aromatic heterocycles. The Morgan fingerprint density at radius 1 is 0.970 bits per heavy atom. The van der Waals surface area contributed by atoms with Crippen molar-refractivity contribution in [3.63, 3.8) is 0 Å². The van der Waals surface area contributed by atoms with Crippen molar-refractivity contribution in [1.82, 2.24) is 15.4 Å². The van der Waals surface area contributed by atoms with Gasteiger partial charge in [-0.1, -0.05) is 12.1 Å². The minimum Gasteiger partial charge on any atom is -0.497 e. The Bertz CT molecular complexity index is 1300. The number of hydrogen-bond donors (Lipinski definition) is 2. The number of aromatic nitrogens is 2. The summed E-state index contributed by atoms with van der Waals surface area (Å²) >= 11 is 0. The molecule has 0 atom stereocenters. The molecule has 2 N–H and O–H groups in total. The van der Waals surface area contributed by atoms with Crippen molar-refractivity contribution in [3.05, 3.63) is 83.2 Å². The number of hydrogen-bond acceptors (Lipinski definition) is 6. The summed E-state index contributed by atoms with van der Waals surface area (Å²) in [5, 5.41) is 4.05. The summed E-state index contributed by atoms with van der Waals surface area (Å²) in [7, 11) is 4.78. The lowest BCUT2D eigenvalue weighted by Crippen LogP contribution is -2.17. The highest BCUT2D eigenvalue weighted by Gasteiger charge is 2.10. The van der Waals surface area contributed by atoms with Gasteiger partial charge < -0.3 is 19.2 Å². The van der Waals surface area contributed by atoms with Crippen molar-refractivity contribution in [2.45, 2.75) is 6.42 Å². The number of methoxy groups -OCH3 is 3. The van der Waals surface area contributed by atoms with Gasteiger partial charge in [-0.25, -0.2) is 10.4 Å². The van der Waals surface area contributed by atoms with Crippen molar-refractivity contribution in [1.29, 1.82) is 0 Å². The summed E-state index contributed by atoms with van der Waals surface area (Å²) in [4.78, 5) is 20.4. The monoisotopic (exact) mass is 444 g/mol. The van der Waals surface area contributed by atoms with Gasteiger partial charge in [0.05, 0.1) is 38.6 Å². The first kappa shape index (κ1) is 21.9. The van der Waals surface area contributed by atoms with E-state index in [1.807, 2.05) is 36.4 Å². The molecule has 0 aliphatic heterocycles. The number of hydrazone groups is 1. The second-order valence-corrected chi connectivity index (χ2v) is 7.25. The fraction of sp³-hybridized carbons (Fsp3) is 0.160. The third-order valence-electron chi connectivity index (χ3n) is 5.11. The molecule has 4 rings (SSSR count). The molecule has 0 aliphatic rings. The first-order chi connectivity index (χ1) is 16.1. The number of ether oxygens (including phenoxy) is 3. The Morgan fingerprint density at radius 3 is 2.48 bits per heavy atom. The van der Waals surface area contributed by atoms with E-state index in [1.54, 1.807) is 51.8 Å². The van der Waals surface area contributed by atoms with Crippen LogP contribution in [0.2, 0.25) is 0 Å². The molecule has 0 spiro atoms. The second kappa shape index (κ2) is 9.86. The van der Waals surface area contributed by atoms with Gasteiger partial charge in [0.15, 0.2) is 11.5 Å². The number of carbonyl (C=O) groups excluding carboxylic acids is 1. The van der Waals surface area contributed by atoms with Gasteiger partial charge in [0.2, 0.25) is 0 Å². The first-order valence-corrected chi connectivity index (χ1v) is 10.3. The van der Waals surface area contributed by atoms with E-state index in [0.29, 0.717) is 23.5 Å². The summed E-state index contributed by atoms with van der Waals surface area (Å²) in [5.41, 5.74) is 6.48. The SMILES string of the molecule is COc1ccc(Cc2nc3ccc(C(=O)N/N=C\c4ccc(OC)c(OC)c4)cc3[nH]2)cc1. The molecule has 8 heteroatoms. The van der Waals surface area contributed by atoms with E-state index in [-0.39, 0.29) is 5.91 Å². The average Bonchev–Trinajstić information content (AvgIpc) is 3.25. The molecule has 33 heavy (non-hydrogen) atoms. The van der Waals surface area contributed by atoms with E-state index >= 15 is 0 Å². The maximum atomic E-state index is 12.5. The van der Waals surface area contributed by atoms with Crippen LogP contribution in [0.3, 0.4) is 0 Å². The van der Waals surface area contributed by atoms with Gasteiger partial charge >= 0.3 is 0 Å². The summed E-state index contributed by atoms with van der Waals surface area (Å²) in [6, 6.07) is 18.5. The molecule has 0 unspecified atom stereocenters. The van der Waals surface area contributed by atoms with Crippen LogP contribution in [0.25, 0.3) is 11.0 Å². The zero-order valence-electron chi connectivity index (χ0n) is 18.6. The Kier molecular flexibility index (Phi) is 6.54. The number of nitrogens with one attached hydrogen (secondary N) is 2. The maximum absolute atomic E-state index is 12.5. The molecular weight excluding hydrogens is 420 g/mol. The number of nitrogens with zero attached hydrogens (tertiary/aromatic N) is 2. The summed E-state index contributed by atoms with van der Waals surface area (Å²) in [5.74, 6) is 2.52. The minimum absolute atomic E-state index is 0.320. The zero-order valence-corrected chi connectivity index (χ0v) is 18.6. The normalized spacial score (nSPS) is 11.0. The lowest BCUT2D eigenvalue weighted by Gasteiger charge is -2.07. The van der Waals surface area contributed by atoms with E-state index in [4.69, 9.17) is 14.2 Å². The highest BCUT2D eigenvalue weighted by atomic mass is 16.5. The zero-order chi connectivity index (χ0) is 23.2. The smallest absolute Gasteiger partial charge is 0.271 e. The Morgan fingerprint density at radius 2 is 1.76 bits per heavy atom. The number of aromatic amines is 1. The number of rotatable bonds is 8. The van der Waals surface area contributed by atoms with E-state index in [2.05, 4.69) is 20.5 Å². The van der Waals surface area contributed by atoms with Crippen LogP contribution in [0.4, 0.5) is 0 Å². The molecule has 0 fully saturated rings. The predicted octanol–water partition coefficient (Wildman–Crippen LogP) is 3.94. The number of amides is 1. The predicted molar refractivity (Wildman–Crippen MR) is 126 cm³/mol. The number of H-pyrrole nitrogens is 1. The highest BCUT2D eigenvalue weighted by Crippen LogP contribution is 2.26. The molecule has 4 aromatic rings. The number of carbonyl (C=O) groups is 1. The molecule has 0 saturated carbocycles. The lowest BCUT2D eigenvalue weighted by molar-refractivity contribution is 0.0955. The molecule has 8 nitrogen and oxygen atoms in total. The van der Waals surface area contributed by atoms with Gasteiger partial charge in [0.25, 0.3) is 5.91 Å². The van der Waals surface area contributed by atoms with Crippen LogP contribution in [0.1, 0.15) is 27.3 Å². The molecule has 1 heterocycles. The molecule has 1 amide bonds. The number of benzene rings is 3. The minimum atomic E-state index is -0.320. The van der Waals surface area contributed by atoms with E-state index in [9.17, 15) is 4.79 Å². The first-order valence-electron chi connectivity index (χ1n) is 10.3. The van der Waals surface area contributed by atoms with E-state index < -0.39 is 0 Å². The molecule has 0 saturated heterocycles. The average molecular weight is 444 g/mol. The van der Waals surface area contributed by atoms with Crippen molar-refractivity contribution in [2.75, 3.05) is 21.3 Å². The van der Waals surface area contributed by atoms with Crippen LogP contribution in [0.15, 0.2) is 65.8 Å². The van der Waals surface area contributed by atoms with Gasteiger partial charge in [-0.05, 0) is 59.7 Å². The largest absolute Gasteiger partial charge is 0.497 e. The number of fused-ring (bicyclic) bond motifs is 1. The van der Waals surface area contributed by atoms with Crippen molar-refractivity contribution >= 4 is 23.2 Å².